The Morgan fingerprint density at radius 1 is 1.32 bits per heavy atom. The molecule has 102 valence electrons. The van der Waals surface area contributed by atoms with Gasteiger partial charge in [-0.25, -0.2) is 4.39 Å². The van der Waals surface area contributed by atoms with E-state index < -0.39 is 0 Å². The molecule has 0 bridgehead atoms. The Morgan fingerprint density at radius 3 is 2.95 bits per heavy atom. The predicted octanol–water partition coefficient (Wildman–Crippen LogP) is 3.59. The van der Waals surface area contributed by atoms with Gasteiger partial charge in [0.1, 0.15) is 17.7 Å². The monoisotopic (exact) mass is 261 g/mol. The Labute approximate surface area is 113 Å². The lowest BCUT2D eigenvalue weighted by molar-refractivity contribution is 0.0883. The molecule has 3 heteroatoms. The van der Waals surface area contributed by atoms with Crippen LogP contribution in [0.1, 0.15) is 37.3 Å². The lowest BCUT2D eigenvalue weighted by Crippen LogP contribution is -2.36. The van der Waals surface area contributed by atoms with Gasteiger partial charge in [-0.2, -0.15) is 0 Å². The lowest BCUT2D eigenvalue weighted by Gasteiger charge is -2.37. The molecule has 0 fully saturated rings. The highest BCUT2D eigenvalue weighted by Crippen LogP contribution is 2.39. The SMILES string of the molecule is CNC1CC(C2CC=CCC2)Oc2cc(F)ccc21. The number of hydrogen-bond acceptors (Lipinski definition) is 2. The minimum absolute atomic E-state index is 0.191. The van der Waals surface area contributed by atoms with Crippen LogP contribution in [0.2, 0.25) is 0 Å². The molecule has 0 aromatic heterocycles. The Hall–Kier alpha value is -1.35. The average Bonchev–Trinajstić information content (AvgIpc) is 2.46. The number of halogens is 1. The van der Waals surface area contributed by atoms with E-state index >= 15 is 0 Å². The molecule has 0 saturated heterocycles. The van der Waals surface area contributed by atoms with Gasteiger partial charge in [0, 0.05) is 24.1 Å². The number of allylic oxidation sites excluding steroid dienone is 2. The first kappa shape index (κ1) is 12.7. The smallest absolute Gasteiger partial charge is 0.127 e. The number of hydrogen-bond donors (Lipinski definition) is 1. The molecule has 1 aliphatic heterocycles. The molecule has 3 rings (SSSR count). The summed E-state index contributed by atoms with van der Waals surface area (Å²) in [4.78, 5) is 0. The zero-order valence-electron chi connectivity index (χ0n) is 11.2. The van der Waals surface area contributed by atoms with Gasteiger partial charge in [-0.15, -0.1) is 0 Å². The molecule has 3 unspecified atom stereocenters. The molecule has 1 aliphatic carbocycles. The van der Waals surface area contributed by atoms with Gasteiger partial charge in [-0.05, 0) is 38.3 Å². The zero-order valence-corrected chi connectivity index (χ0v) is 11.2. The average molecular weight is 261 g/mol. The first-order valence-electron chi connectivity index (χ1n) is 7.06. The molecule has 0 spiro atoms. The highest BCUT2D eigenvalue weighted by Gasteiger charge is 2.32. The first-order chi connectivity index (χ1) is 9.28. The number of ether oxygens (including phenoxy) is 1. The maximum absolute atomic E-state index is 13.4. The van der Waals surface area contributed by atoms with E-state index in [9.17, 15) is 4.39 Å². The number of benzene rings is 1. The number of fused-ring (bicyclic) bond motifs is 1. The van der Waals surface area contributed by atoms with Crippen molar-refractivity contribution < 1.29 is 9.13 Å². The Bertz CT molecular complexity index is 486. The minimum Gasteiger partial charge on any atom is -0.490 e. The van der Waals surface area contributed by atoms with Gasteiger partial charge < -0.3 is 10.1 Å². The largest absolute Gasteiger partial charge is 0.490 e. The van der Waals surface area contributed by atoms with Crippen LogP contribution in [-0.2, 0) is 0 Å². The molecule has 1 aromatic rings. The van der Waals surface area contributed by atoms with Crippen LogP contribution < -0.4 is 10.1 Å². The molecule has 2 nitrogen and oxygen atoms in total. The third kappa shape index (κ3) is 2.52. The highest BCUT2D eigenvalue weighted by atomic mass is 19.1. The van der Waals surface area contributed by atoms with Crippen LogP contribution in [0.3, 0.4) is 0 Å². The van der Waals surface area contributed by atoms with E-state index in [-0.39, 0.29) is 18.0 Å². The Morgan fingerprint density at radius 2 is 2.21 bits per heavy atom. The van der Waals surface area contributed by atoms with Crippen molar-refractivity contribution in [2.45, 2.75) is 37.8 Å². The van der Waals surface area contributed by atoms with E-state index in [1.165, 1.54) is 18.6 Å². The van der Waals surface area contributed by atoms with Crippen molar-refractivity contribution in [1.82, 2.24) is 5.32 Å². The van der Waals surface area contributed by atoms with Gasteiger partial charge in [-0.1, -0.05) is 18.2 Å². The summed E-state index contributed by atoms with van der Waals surface area (Å²) >= 11 is 0. The minimum atomic E-state index is -0.224. The fourth-order valence-corrected chi connectivity index (χ4v) is 3.19. The van der Waals surface area contributed by atoms with Crippen LogP contribution in [0.15, 0.2) is 30.4 Å². The van der Waals surface area contributed by atoms with Gasteiger partial charge in [-0.3, -0.25) is 0 Å². The second-order valence-corrected chi connectivity index (χ2v) is 5.46. The van der Waals surface area contributed by atoms with Crippen molar-refractivity contribution in [3.8, 4) is 5.75 Å². The van der Waals surface area contributed by atoms with Crippen LogP contribution >= 0.6 is 0 Å². The third-order valence-electron chi connectivity index (χ3n) is 4.28. The molecule has 0 saturated carbocycles. The summed E-state index contributed by atoms with van der Waals surface area (Å²) in [6.07, 6.45) is 9.01. The van der Waals surface area contributed by atoms with E-state index in [1.807, 2.05) is 13.1 Å². The highest BCUT2D eigenvalue weighted by molar-refractivity contribution is 5.38. The lowest BCUT2D eigenvalue weighted by atomic mass is 9.83. The van der Waals surface area contributed by atoms with Crippen molar-refractivity contribution >= 4 is 0 Å². The summed E-state index contributed by atoms with van der Waals surface area (Å²) in [5, 5.41) is 3.33. The summed E-state index contributed by atoms with van der Waals surface area (Å²) in [6.45, 7) is 0. The molecule has 3 atom stereocenters. The van der Waals surface area contributed by atoms with Gasteiger partial charge in [0.05, 0.1) is 0 Å². The molecule has 0 radical (unpaired) electrons. The van der Waals surface area contributed by atoms with Crippen LogP contribution in [-0.4, -0.2) is 13.2 Å². The van der Waals surface area contributed by atoms with Gasteiger partial charge >= 0.3 is 0 Å². The van der Waals surface area contributed by atoms with Crippen LogP contribution in [0.4, 0.5) is 4.39 Å². The van der Waals surface area contributed by atoms with E-state index in [0.717, 1.165) is 24.8 Å². The second kappa shape index (κ2) is 5.33. The first-order valence-corrected chi connectivity index (χ1v) is 7.06. The Kier molecular flexibility index (Phi) is 3.56. The standard InChI is InChI=1S/C16H20FNO/c1-18-14-10-15(11-5-3-2-4-6-11)19-16-9-12(17)7-8-13(14)16/h2-3,7-9,11,14-15,18H,4-6,10H2,1H3. The summed E-state index contributed by atoms with van der Waals surface area (Å²) in [6, 6.07) is 5.13. The van der Waals surface area contributed by atoms with Gasteiger partial charge in [0.25, 0.3) is 0 Å². The maximum Gasteiger partial charge on any atom is 0.127 e. The molecule has 1 aromatic carbocycles. The molecular formula is C16H20FNO. The number of nitrogens with one attached hydrogen (secondary N) is 1. The topological polar surface area (TPSA) is 21.3 Å². The van der Waals surface area contributed by atoms with Crippen LogP contribution in [0.5, 0.6) is 5.75 Å². The summed E-state index contributed by atoms with van der Waals surface area (Å²) in [5.41, 5.74) is 1.08. The van der Waals surface area contributed by atoms with Crippen molar-refractivity contribution in [2.24, 2.45) is 5.92 Å². The summed E-state index contributed by atoms with van der Waals surface area (Å²) < 4.78 is 19.5. The molecule has 2 aliphatic rings. The quantitative estimate of drug-likeness (QED) is 0.821. The van der Waals surface area contributed by atoms with Crippen molar-refractivity contribution in [2.75, 3.05) is 7.05 Å². The fraction of sp³-hybridized carbons (Fsp3) is 0.500. The van der Waals surface area contributed by atoms with Crippen molar-refractivity contribution in [1.29, 1.82) is 0 Å². The normalized spacial score (nSPS) is 29.7. The molecule has 1 N–H and O–H groups in total. The van der Waals surface area contributed by atoms with Crippen LogP contribution in [0.25, 0.3) is 0 Å². The van der Waals surface area contributed by atoms with Crippen LogP contribution in [0, 0.1) is 11.7 Å². The Balaban J connectivity index is 1.85. The van der Waals surface area contributed by atoms with Gasteiger partial charge in [0.2, 0.25) is 0 Å². The third-order valence-corrected chi connectivity index (χ3v) is 4.28. The summed E-state index contributed by atoms with van der Waals surface area (Å²) in [7, 11) is 1.96. The molecule has 1 heterocycles. The summed E-state index contributed by atoms with van der Waals surface area (Å²) in [5.74, 6) is 1.04. The fourth-order valence-electron chi connectivity index (χ4n) is 3.19. The van der Waals surface area contributed by atoms with E-state index in [1.54, 1.807) is 0 Å². The molecular weight excluding hydrogens is 241 g/mol. The van der Waals surface area contributed by atoms with E-state index in [2.05, 4.69) is 17.5 Å². The van der Waals surface area contributed by atoms with Gasteiger partial charge in [0.15, 0.2) is 0 Å². The molecule has 0 amide bonds. The number of rotatable bonds is 2. The second-order valence-electron chi connectivity index (χ2n) is 5.46. The van der Waals surface area contributed by atoms with Crippen molar-refractivity contribution in [3.63, 3.8) is 0 Å². The molecule has 19 heavy (non-hydrogen) atoms. The van der Waals surface area contributed by atoms with Crippen molar-refractivity contribution in [3.05, 3.63) is 41.7 Å². The zero-order chi connectivity index (χ0) is 13.2. The maximum atomic E-state index is 13.4. The predicted molar refractivity (Wildman–Crippen MR) is 73.7 cm³/mol. The van der Waals surface area contributed by atoms with E-state index in [0.29, 0.717) is 11.7 Å². The van der Waals surface area contributed by atoms with E-state index in [4.69, 9.17) is 4.74 Å².